The van der Waals surface area contributed by atoms with E-state index in [1.54, 1.807) is 0 Å². The molecule has 0 unspecified atom stereocenters. The summed E-state index contributed by atoms with van der Waals surface area (Å²) in [6.07, 6.45) is 3.89. The van der Waals surface area contributed by atoms with Gasteiger partial charge in [0.2, 0.25) is 0 Å². The molecule has 0 radical (unpaired) electrons. The van der Waals surface area contributed by atoms with Crippen LogP contribution in [0.3, 0.4) is 0 Å². The lowest BCUT2D eigenvalue weighted by atomic mass is 9.78. The fraction of sp³-hybridized carbons (Fsp3) is 0.455. The molecule has 0 bridgehead atoms. The third-order valence-corrected chi connectivity index (χ3v) is 4.19. The average molecular weight is 356 g/mol. The van der Waals surface area contributed by atoms with Crippen LogP contribution in [0.4, 0.5) is 0 Å². The van der Waals surface area contributed by atoms with E-state index in [-0.39, 0.29) is 18.4 Å². The normalized spacial score (nSPS) is 17.8. The fourth-order valence-electron chi connectivity index (χ4n) is 1.82. The predicted octanol–water partition coefficient (Wildman–Crippen LogP) is 4.43. The van der Waals surface area contributed by atoms with Crippen molar-refractivity contribution in [3.8, 4) is 0 Å². The molecule has 4 heteroatoms. The van der Waals surface area contributed by atoms with Crippen molar-refractivity contribution in [3.63, 3.8) is 0 Å². The topological polar surface area (TPSA) is 26.0 Å². The third-order valence-electron chi connectivity index (χ3n) is 2.97. The van der Waals surface area contributed by atoms with Gasteiger partial charge in [0.15, 0.2) is 0 Å². The Morgan fingerprint density at radius 3 is 2.47 bits per heavy atom. The number of hydrogen-bond donors (Lipinski definition) is 1. The Hall–Kier alpha value is 0.430. The first kappa shape index (κ1) is 13.5. The lowest BCUT2D eigenvalue weighted by Gasteiger charge is -2.32. The molecule has 1 aliphatic rings. The molecule has 0 heterocycles. The van der Waals surface area contributed by atoms with Crippen molar-refractivity contribution in [3.05, 3.63) is 32.7 Å². The van der Waals surface area contributed by atoms with Crippen LogP contribution in [0.15, 0.2) is 27.1 Å². The Morgan fingerprint density at radius 2 is 1.93 bits per heavy atom. The number of halogens is 3. The summed E-state index contributed by atoms with van der Waals surface area (Å²) >= 11 is 7.03. The van der Waals surface area contributed by atoms with Gasteiger partial charge in [-0.1, -0.05) is 38.3 Å². The minimum Gasteiger partial charge on any atom is -0.324 e. The van der Waals surface area contributed by atoms with Gasteiger partial charge in [-0.05, 0) is 42.5 Å². The molecule has 0 spiro atoms. The first-order chi connectivity index (χ1) is 6.68. The van der Waals surface area contributed by atoms with Crippen molar-refractivity contribution in [2.75, 3.05) is 0 Å². The number of nitrogens with two attached hydrogens (primary N) is 1. The quantitative estimate of drug-likeness (QED) is 0.834. The zero-order chi connectivity index (χ0) is 10.1. The van der Waals surface area contributed by atoms with E-state index in [4.69, 9.17) is 5.73 Å². The van der Waals surface area contributed by atoms with Gasteiger partial charge in [0.05, 0.1) is 0 Å². The molecule has 0 aromatic heterocycles. The van der Waals surface area contributed by atoms with Gasteiger partial charge in [0, 0.05) is 15.0 Å². The van der Waals surface area contributed by atoms with E-state index in [0.29, 0.717) is 5.92 Å². The molecule has 0 amide bonds. The van der Waals surface area contributed by atoms with Crippen molar-refractivity contribution in [1.82, 2.24) is 0 Å². The molecule has 1 nitrogen and oxygen atoms in total. The Bertz CT molecular complexity index is 339. The van der Waals surface area contributed by atoms with E-state index >= 15 is 0 Å². The second-order valence-corrected chi connectivity index (χ2v) is 5.65. The molecule has 2 N–H and O–H groups in total. The summed E-state index contributed by atoms with van der Waals surface area (Å²) in [5.41, 5.74) is 7.45. The molecule has 1 aromatic rings. The Labute approximate surface area is 113 Å². The second-order valence-electron chi connectivity index (χ2n) is 3.88. The summed E-state index contributed by atoms with van der Waals surface area (Å²) in [5.74, 6) is 0.681. The summed E-state index contributed by atoms with van der Waals surface area (Å²) in [5, 5.41) is 0. The van der Waals surface area contributed by atoms with E-state index in [2.05, 4.69) is 44.0 Å². The maximum atomic E-state index is 6.22. The monoisotopic (exact) mass is 353 g/mol. The molecule has 1 aliphatic carbocycles. The van der Waals surface area contributed by atoms with Gasteiger partial charge < -0.3 is 5.73 Å². The summed E-state index contributed by atoms with van der Waals surface area (Å²) in [4.78, 5) is 0. The summed E-state index contributed by atoms with van der Waals surface area (Å²) in [6, 6.07) is 6.39. The largest absolute Gasteiger partial charge is 0.324 e. The lowest BCUT2D eigenvalue weighted by molar-refractivity contribution is 0.264. The number of hydrogen-bond acceptors (Lipinski definition) is 1. The average Bonchev–Trinajstić information content (AvgIpc) is 2.06. The molecule has 0 saturated heterocycles. The smallest absolute Gasteiger partial charge is 0.0335 e. The van der Waals surface area contributed by atoms with E-state index < -0.39 is 0 Å². The molecular weight excluding hydrogens is 341 g/mol. The first-order valence-electron chi connectivity index (χ1n) is 4.89. The maximum absolute atomic E-state index is 6.22. The van der Waals surface area contributed by atoms with Gasteiger partial charge in [-0.25, -0.2) is 0 Å². The fourth-order valence-corrected chi connectivity index (χ4v) is 2.71. The molecule has 1 fully saturated rings. The maximum Gasteiger partial charge on any atom is 0.0335 e. The number of rotatable bonds is 2. The zero-order valence-electron chi connectivity index (χ0n) is 8.25. The van der Waals surface area contributed by atoms with Crippen molar-refractivity contribution in [1.29, 1.82) is 0 Å². The van der Waals surface area contributed by atoms with Crippen LogP contribution >= 0.6 is 44.3 Å². The van der Waals surface area contributed by atoms with Gasteiger partial charge in [0.1, 0.15) is 0 Å². The summed E-state index contributed by atoms with van der Waals surface area (Å²) in [7, 11) is 0. The lowest BCUT2D eigenvalue weighted by Crippen LogP contribution is -2.27. The molecule has 0 aliphatic heterocycles. The molecule has 84 valence electrons. The Morgan fingerprint density at radius 1 is 1.27 bits per heavy atom. The molecule has 15 heavy (non-hydrogen) atoms. The van der Waals surface area contributed by atoms with Crippen LogP contribution in [0.5, 0.6) is 0 Å². The molecule has 2 rings (SSSR count). The third kappa shape index (κ3) is 2.96. The molecule has 1 aromatic carbocycles. The first-order valence-corrected chi connectivity index (χ1v) is 6.47. The molecule has 1 saturated carbocycles. The van der Waals surface area contributed by atoms with E-state index in [0.717, 1.165) is 8.95 Å². The highest BCUT2D eigenvalue weighted by molar-refractivity contribution is 9.11. The van der Waals surface area contributed by atoms with E-state index in [9.17, 15) is 0 Å². The summed E-state index contributed by atoms with van der Waals surface area (Å²) in [6.45, 7) is 0. The molecule has 1 atom stereocenters. The van der Waals surface area contributed by atoms with Gasteiger partial charge in [-0.15, -0.1) is 12.4 Å². The van der Waals surface area contributed by atoms with Gasteiger partial charge >= 0.3 is 0 Å². The minimum absolute atomic E-state index is 0. The van der Waals surface area contributed by atoms with Gasteiger partial charge in [-0.3, -0.25) is 0 Å². The minimum atomic E-state index is 0. The SMILES string of the molecule is Cl.N[C@@H](c1cc(Br)ccc1Br)C1CCC1. The Balaban J connectivity index is 0.00000112. The van der Waals surface area contributed by atoms with E-state index in [1.807, 2.05) is 6.07 Å². The summed E-state index contributed by atoms with van der Waals surface area (Å²) < 4.78 is 2.23. The Kier molecular flexibility index (Phi) is 5.10. The van der Waals surface area contributed by atoms with Crippen LogP contribution in [0, 0.1) is 5.92 Å². The highest BCUT2D eigenvalue weighted by Crippen LogP contribution is 2.39. The van der Waals surface area contributed by atoms with Crippen LogP contribution in [0.2, 0.25) is 0 Å². The van der Waals surface area contributed by atoms with Gasteiger partial charge in [0.25, 0.3) is 0 Å². The highest BCUT2D eigenvalue weighted by atomic mass is 79.9. The van der Waals surface area contributed by atoms with Crippen molar-refractivity contribution in [2.24, 2.45) is 11.7 Å². The standard InChI is InChI=1S/C11H13Br2N.ClH/c12-8-4-5-10(13)9(6-8)11(14)7-2-1-3-7;/h4-7,11H,1-3,14H2;1H/t11-;/m1./s1. The highest BCUT2D eigenvalue weighted by Gasteiger charge is 2.26. The number of benzene rings is 1. The second kappa shape index (κ2) is 5.67. The van der Waals surface area contributed by atoms with Crippen LogP contribution < -0.4 is 5.73 Å². The van der Waals surface area contributed by atoms with Gasteiger partial charge in [-0.2, -0.15) is 0 Å². The van der Waals surface area contributed by atoms with Crippen LogP contribution in [-0.4, -0.2) is 0 Å². The zero-order valence-corrected chi connectivity index (χ0v) is 12.2. The van der Waals surface area contributed by atoms with E-state index in [1.165, 1.54) is 24.8 Å². The predicted molar refractivity (Wildman–Crippen MR) is 73.4 cm³/mol. The van der Waals surface area contributed by atoms with Crippen molar-refractivity contribution < 1.29 is 0 Å². The van der Waals surface area contributed by atoms with Crippen LogP contribution in [0.25, 0.3) is 0 Å². The molecular formula is C11H14Br2ClN. The van der Waals surface area contributed by atoms with Crippen molar-refractivity contribution in [2.45, 2.75) is 25.3 Å². The van der Waals surface area contributed by atoms with Crippen LogP contribution in [-0.2, 0) is 0 Å². The van der Waals surface area contributed by atoms with Crippen molar-refractivity contribution >= 4 is 44.3 Å². The van der Waals surface area contributed by atoms with Crippen LogP contribution in [0.1, 0.15) is 30.9 Å².